The summed E-state index contributed by atoms with van der Waals surface area (Å²) in [6.45, 7) is 8.92. The number of hydrogen-bond acceptors (Lipinski definition) is 4. The average molecular weight is 345 g/mol. The van der Waals surface area contributed by atoms with Crippen molar-refractivity contribution in [1.82, 2.24) is 15.1 Å². The number of aromatic nitrogens is 2. The number of anilines is 1. The summed E-state index contributed by atoms with van der Waals surface area (Å²) in [4.78, 5) is 4.85. The molecule has 0 radical (unpaired) electrons. The molecule has 0 bridgehead atoms. The molecule has 24 heavy (non-hydrogen) atoms. The fraction of sp³-hybridized carbons (Fsp3) is 0.474. The molecule has 2 atom stereocenters. The van der Waals surface area contributed by atoms with Crippen molar-refractivity contribution in [2.24, 2.45) is 11.8 Å². The van der Waals surface area contributed by atoms with Crippen molar-refractivity contribution in [2.75, 3.05) is 38.1 Å². The zero-order valence-electron chi connectivity index (χ0n) is 14.6. The van der Waals surface area contributed by atoms with Gasteiger partial charge in [-0.3, -0.25) is 0 Å². The Morgan fingerprint density at radius 3 is 2.04 bits per heavy atom. The van der Waals surface area contributed by atoms with Crippen molar-refractivity contribution in [2.45, 2.75) is 13.8 Å². The SMILES string of the molecule is Cc1cc(C)cc(-c2ccc(N3CC4CN(C)CC4C3)nn2)c1.Cl. The van der Waals surface area contributed by atoms with E-state index in [-0.39, 0.29) is 12.4 Å². The smallest absolute Gasteiger partial charge is 0.151 e. The number of hydrogen-bond donors (Lipinski definition) is 0. The highest BCUT2D eigenvalue weighted by Gasteiger charge is 2.39. The fourth-order valence-corrected chi connectivity index (χ4v) is 4.19. The molecular formula is C19H25ClN4. The summed E-state index contributed by atoms with van der Waals surface area (Å²) in [6.07, 6.45) is 0. The first-order valence-corrected chi connectivity index (χ1v) is 8.44. The van der Waals surface area contributed by atoms with Crippen LogP contribution in [0.15, 0.2) is 30.3 Å². The van der Waals surface area contributed by atoms with Crippen LogP contribution in [0.25, 0.3) is 11.3 Å². The number of fused-ring (bicyclic) bond motifs is 1. The quantitative estimate of drug-likeness (QED) is 0.837. The van der Waals surface area contributed by atoms with E-state index in [2.05, 4.69) is 71.2 Å². The standard InChI is InChI=1S/C19H24N4.ClH/c1-13-6-14(2)8-15(7-13)18-4-5-19(21-20-18)23-11-16-9-22(3)10-17(16)12-23;/h4-8,16-17H,9-12H2,1-3H3;1H. The minimum Gasteiger partial charge on any atom is -0.354 e. The van der Waals surface area contributed by atoms with Gasteiger partial charge in [0.05, 0.1) is 5.69 Å². The minimum atomic E-state index is 0. The van der Waals surface area contributed by atoms with Crippen LogP contribution in [0.4, 0.5) is 5.82 Å². The van der Waals surface area contributed by atoms with Gasteiger partial charge in [0.15, 0.2) is 5.82 Å². The lowest BCUT2D eigenvalue weighted by molar-refractivity contribution is 0.387. The highest BCUT2D eigenvalue weighted by Crippen LogP contribution is 2.32. The molecule has 0 N–H and O–H groups in total. The first-order chi connectivity index (χ1) is 11.1. The van der Waals surface area contributed by atoms with Gasteiger partial charge < -0.3 is 9.80 Å². The van der Waals surface area contributed by atoms with Crippen LogP contribution >= 0.6 is 12.4 Å². The number of halogens is 1. The van der Waals surface area contributed by atoms with Crippen molar-refractivity contribution in [1.29, 1.82) is 0 Å². The maximum atomic E-state index is 4.51. The molecule has 1 aromatic carbocycles. The van der Waals surface area contributed by atoms with Crippen molar-refractivity contribution in [3.63, 3.8) is 0 Å². The van der Waals surface area contributed by atoms with Crippen LogP contribution in [0.1, 0.15) is 11.1 Å². The molecule has 1 aromatic heterocycles. The van der Waals surface area contributed by atoms with Crippen LogP contribution in [0, 0.1) is 25.7 Å². The summed E-state index contributed by atoms with van der Waals surface area (Å²) >= 11 is 0. The van der Waals surface area contributed by atoms with Gasteiger partial charge in [-0.2, -0.15) is 0 Å². The van der Waals surface area contributed by atoms with E-state index in [1.54, 1.807) is 0 Å². The van der Waals surface area contributed by atoms with Gasteiger partial charge in [0.2, 0.25) is 0 Å². The van der Waals surface area contributed by atoms with E-state index in [0.29, 0.717) is 0 Å². The summed E-state index contributed by atoms with van der Waals surface area (Å²) in [6, 6.07) is 10.8. The van der Waals surface area contributed by atoms with E-state index in [0.717, 1.165) is 42.0 Å². The molecule has 2 fully saturated rings. The summed E-state index contributed by atoms with van der Waals surface area (Å²) in [5, 5.41) is 8.99. The second-order valence-electron chi connectivity index (χ2n) is 7.30. The zero-order chi connectivity index (χ0) is 16.0. The molecule has 2 aliphatic rings. The number of aryl methyl sites for hydroxylation is 2. The van der Waals surface area contributed by atoms with Gasteiger partial charge in [0.1, 0.15) is 0 Å². The predicted octanol–water partition coefficient (Wildman–Crippen LogP) is 3.18. The molecule has 128 valence electrons. The molecule has 0 aliphatic carbocycles. The molecule has 2 aromatic rings. The van der Waals surface area contributed by atoms with Crippen LogP contribution in [0.3, 0.4) is 0 Å². The van der Waals surface area contributed by atoms with E-state index in [4.69, 9.17) is 0 Å². The largest absolute Gasteiger partial charge is 0.354 e. The molecule has 4 rings (SSSR count). The Labute approximate surface area is 150 Å². The van der Waals surface area contributed by atoms with Crippen LogP contribution in [0.2, 0.25) is 0 Å². The average Bonchev–Trinajstić information content (AvgIpc) is 3.03. The zero-order valence-corrected chi connectivity index (χ0v) is 15.4. The molecule has 5 heteroatoms. The lowest BCUT2D eigenvalue weighted by atomic mass is 10.0. The monoisotopic (exact) mass is 344 g/mol. The number of likely N-dealkylation sites (tertiary alicyclic amines) is 1. The maximum absolute atomic E-state index is 4.51. The van der Waals surface area contributed by atoms with Crippen molar-refractivity contribution in [3.05, 3.63) is 41.5 Å². The fourth-order valence-electron chi connectivity index (χ4n) is 4.19. The molecular weight excluding hydrogens is 320 g/mol. The highest BCUT2D eigenvalue weighted by molar-refractivity contribution is 5.85. The Morgan fingerprint density at radius 1 is 0.875 bits per heavy atom. The first kappa shape index (κ1) is 17.2. The van der Waals surface area contributed by atoms with Crippen LogP contribution in [-0.2, 0) is 0 Å². The maximum Gasteiger partial charge on any atom is 0.151 e. The van der Waals surface area contributed by atoms with E-state index >= 15 is 0 Å². The van der Waals surface area contributed by atoms with E-state index in [1.165, 1.54) is 24.2 Å². The van der Waals surface area contributed by atoms with Gasteiger partial charge in [-0.1, -0.05) is 17.2 Å². The lowest BCUT2D eigenvalue weighted by Crippen LogP contribution is -2.27. The van der Waals surface area contributed by atoms with Crippen molar-refractivity contribution in [3.8, 4) is 11.3 Å². The Bertz CT molecular complexity index is 682. The number of rotatable bonds is 2. The second kappa shape index (κ2) is 6.69. The predicted molar refractivity (Wildman–Crippen MR) is 101 cm³/mol. The Morgan fingerprint density at radius 2 is 1.50 bits per heavy atom. The van der Waals surface area contributed by atoms with Gasteiger partial charge in [-0.15, -0.1) is 22.6 Å². The molecule has 2 saturated heterocycles. The van der Waals surface area contributed by atoms with Crippen molar-refractivity contribution < 1.29 is 0 Å². The first-order valence-electron chi connectivity index (χ1n) is 8.44. The van der Waals surface area contributed by atoms with E-state index in [1.807, 2.05) is 0 Å². The Hall–Kier alpha value is -1.65. The molecule has 4 nitrogen and oxygen atoms in total. The Kier molecular flexibility index (Phi) is 4.79. The summed E-state index contributed by atoms with van der Waals surface area (Å²) < 4.78 is 0. The van der Waals surface area contributed by atoms with Crippen LogP contribution in [0.5, 0.6) is 0 Å². The summed E-state index contributed by atoms with van der Waals surface area (Å²) in [5.74, 6) is 2.61. The minimum absolute atomic E-state index is 0. The van der Waals surface area contributed by atoms with Crippen LogP contribution < -0.4 is 4.90 Å². The highest BCUT2D eigenvalue weighted by atomic mass is 35.5. The topological polar surface area (TPSA) is 32.3 Å². The van der Waals surface area contributed by atoms with Gasteiger partial charge >= 0.3 is 0 Å². The van der Waals surface area contributed by atoms with Gasteiger partial charge in [-0.25, -0.2) is 0 Å². The molecule has 2 unspecified atom stereocenters. The van der Waals surface area contributed by atoms with Gasteiger partial charge in [-0.05, 0) is 57.0 Å². The van der Waals surface area contributed by atoms with Gasteiger partial charge in [0.25, 0.3) is 0 Å². The normalized spacial score (nSPS) is 23.2. The Balaban J connectivity index is 0.00000169. The third-order valence-corrected chi connectivity index (χ3v) is 5.16. The molecule has 0 spiro atoms. The molecule has 2 aliphatic heterocycles. The van der Waals surface area contributed by atoms with Crippen molar-refractivity contribution >= 4 is 18.2 Å². The molecule has 0 saturated carbocycles. The third kappa shape index (κ3) is 3.26. The lowest BCUT2D eigenvalue weighted by Gasteiger charge is -2.19. The van der Waals surface area contributed by atoms with E-state index < -0.39 is 0 Å². The summed E-state index contributed by atoms with van der Waals surface area (Å²) in [5.41, 5.74) is 4.64. The third-order valence-electron chi connectivity index (χ3n) is 5.16. The van der Waals surface area contributed by atoms with E-state index in [9.17, 15) is 0 Å². The summed E-state index contributed by atoms with van der Waals surface area (Å²) in [7, 11) is 2.22. The van der Waals surface area contributed by atoms with Gasteiger partial charge in [0, 0.05) is 31.7 Å². The second-order valence-corrected chi connectivity index (χ2v) is 7.30. The molecule has 3 heterocycles. The number of benzene rings is 1. The number of nitrogens with zero attached hydrogens (tertiary/aromatic N) is 4. The van der Waals surface area contributed by atoms with Crippen LogP contribution in [-0.4, -0.2) is 48.3 Å². The molecule has 0 amide bonds.